The minimum absolute atomic E-state index is 0.109. The molecule has 3 N–H and O–H groups in total. The molecular weight excluding hydrogens is 240 g/mol. The van der Waals surface area contributed by atoms with Crippen molar-refractivity contribution in [3.05, 3.63) is 18.2 Å². The molecule has 1 saturated carbocycles. The molecule has 2 aliphatic rings. The van der Waals surface area contributed by atoms with Crippen molar-refractivity contribution in [3.63, 3.8) is 0 Å². The molecule has 90 valence electrons. The predicted octanol–water partition coefficient (Wildman–Crippen LogP) is 0.775. The highest BCUT2D eigenvalue weighted by Crippen LogP contribution is 2.50. The Morgan fingerprint density at radius 1 is 1.29 bits per heavy atom. The van der Waals surface area contributed by atoms with Crippen molar-refractivity contribution < 1.29 is 13.2 Å². The SMILES string of the molecule is Nc1ccc2c(c1)S(=O)(=O)CC1(CC1)C(=O)N2. The highest BCUT2D eigenvalue weighted by Gasteiger charge is 2.54. The Labute approximate surface area is 98.9 Å². The molecular formula is C11H12N2O3S. The summed E-state index contributed by atoms with van der Waals surface area (Å²) in [4.78, 5) is 12.1. The molecule has 3 rings (SSSR count). The van der Waals surface area contributed by atoms with Gasteiger partial charge in [-0.15, -0.1) is 0 Å². The van der Waals surface area contributed by atoms with Crippen LogP contribution in [0.4, 0.5) is 11.4 Å². The molecule has 0 saturated heterocycles. The average molecular weight is 252 g/mol. The first-order chi connectivity index (χ1) is 7.93. The molecule has 0 atom stereocenters. The number of carbonyl (C=O) groups is 1. The second kappa shape index (κ2) is 3.01. The fourth-order valence-corrected chi connectivity index (χ4v) is 4.26. The molecule has 0 bridgehead atoms. The Hall–Kier alpha value is -1.56. The Morgan fingerprint density at radius 2 is 2.00 bits per heavy atom. The van der Waals surface area contributed by atoms with Gasteiger partial charge in [0.05, 0.1) is 21.8 Å². The van der Waals surface area contributed by atoms with Crippen molar-refractivity contribution in [2.24, 2.45) is 5.41 Å². The Balaban J connectivity index is 2.21. The van der Waals surface area contributed by atoms with Crippen LogP contribution in [0, 0.1) is 5.41 Å². The summed E-state index contributed by atoms with van der Waals surface area (Å²) in [6.07, 6.45) is 1.28. The summed E-state index contributed by atoms with van der Waals surface area (Å²) in [7, 11) is -3.44. The van der Waals surface area contributed by atoms with Crippen molar-refractivity contribution in [1.29, 1.82) is 0 Å². The normalized spacial score (nSPS) is 23.6. The molecule has 5 nitrogen and oxygen atoms in total. The minimum atomic E-state index is -3.44. The zero-order chi connectivity index (χ0) is 12.3. The van der Waals surface area contributed by atoms with Crippen molar-refractivity contribution in [2.45, 2.75) is 17.7 Å². The molecule has 1 heterocycles. The number of anilines is 2. The first-order valence-electron chi connectivity index (χ1n) is 5.37. The maximum atomic E-state index is 12.2. The van der Waals surface area contributed by atoms with Crippen LogP contribution < -0.4 is 11.1 Å². The summed E-state index contributed by atoms with van der Waals surface area (Å²) >= 11 is 0. The van der Waals surface area contributed by atoms with E-state index in [9.17, 15) is 13.2 Å². The van der Waals surface area contributed by atoms with Crippen molar-refractivity contribution in [2.75, 3.05) is 16.8 Å². The smallest absolute Gasteiger partial charge is 0.231 e. The lowest BCUT2D eigenvalue weighted by atomic mass is 10.1. The number of nitrogen functional groups attached to an aromatic ring is 1. The van der Waals surface area contributed by atoms with Crippen LogP contribution in [0.1, 0.15) is 12.8 Å². The van der Waals surface area contributed by atoms with Gasteiger partial charge < -0.3 is 11.1 Å². The molecule has 0 unspecified atom stereocenters. The second-order valence-electron chi connectivity index (χ2n) is 4.75. The molecule has 1 fully saturated rings. The van der Waals surface area contributed by atoms with E-state index in [1.807, 2.05) is 0 Å². The summed E-state index contributed by atoms with van der Waals surface area (Å²) in [5, 5.41) is 2.68. The standard InChI is InChI=1S/C11H12N2O3S/c12-7-1-2-8-9(5-7)17(15,16)6-11(3-4-11)10(14)13-8/h1-2,5H,3-4,6,12H2,(H,13,14). The van der Waals surface area contributed by atoms with Crippen LogP contribution >= 0.6 is 0 Å². The molecule has 1 aliphatic carbocycles. The first kappa shape index (κ1) is 10.6. The van der Waals surface area contributed by atoms with E-state index >= 15 is 0 Å². The number of amides is 1. The van der Waals surface area contributed by atoms with Crippen LogP contribution in [-0.4, -0.2) is 20.1 Å². The van der Waals surface area contributed by atoms with Crippen LogP contribution in [0.15, 0.2) is 23.1 Å². The van der Waals surface area contributed by atoms with E-state index in [2.05, 4.69) is 5.32 Å². The summed E-state index contributed by atoms with van der Waals surface area (Å²) in [6, 6.07) is 4.54. The molecule has 1 aromatic rings. The number of hydrogen-bond acceptors (Lipinski definition) is 4. The average Bonchev–Trinajstić information content (AvgIpc) is 3.00. The van der Waals surface area contributed by atoms with Crippen molar-refractivity contribution in [1.82, 2.24) is 0 Å². The lowest BCUT2D eigenvalue weighted by Crippen LogP contribution is -2.27. The second-order valence-corrected chi connectivity index (χ2v) is 6.71. The van der Waals surface area contributed by atoms with Gasteiger partial charge in [-0.1, -0.05) is 0 Å². The zero-order valence-corrected chi connectivity index (χ0v) is 9.88. The van der Waals surface area contributed by atoms with Gasteiger partial charge in [0.25, 0.3) is 0 Å². The number of sulfone groups is 1. The van der Waals surface area contributed by atoms with Crippen LogP contribution in [0.2, 0.25) is 0 Å². The van der Waals surface area contributed by atoms with Gasteiger partial charge in [0.2, 0.25) is 5.91 Å². The molecule has 6 heteroatoms. The fourth-order valence-electron chi connectivity index (χ4n) is 2.18. The number of benzene rings is 1. The van der Waals surface area contributed by atoms with E-state index in [1.165, 1.54) is 6.07 Å². The van der Waals surface area contributed by atoms with E-state index in [-0.39, 0.29) is 16.6 Å². The molecule has 1 amide bonds. The largest absolute Gasteiger partial charge is 0.399 e. The molecule has 1 spiro atoms. The van der Waals surface area contributed by atoms with Gasteiger partial charge in [0.1, 0.15) is 0 Å². The number of nitrogens with two attached hydrogens (primary N) is 1. The Morgan fingerprint density at radius 3 is 2.65 bits per heavy atom. The van der Waals surface area contributed by atoms with Gasteiger partial charge in [-0.3, -0.25) is 4.79 Å². The number of fused-ring (bicyclic) bond motifs is 1. The van der Waals surface area contributed by atoms with Gasteiger partial charge in [-0.25, -0.2) is 8.42 Å². The van der Waals surface area contributed by atoms with E-state index < -0.39 is 15.3 Å². The third-order valence-corrected chi connectivity index (χ3v) is 5.33. The van der Waals surface area contributed by atoms with Crippen molar-refractivity contribution >= 4 is 27.1 Å². The topological polar surface area (TPSA) is 89.3 Å². The first-order valence-corrected chi connectivity index (χ1v) is 7.02. The highest BCUT2D eigenvalue weighted by molar-refractivity contribution is 7.91. The van der Waals surface area contributed by atoms with E-state index in [0.717, 1.165) is 0 Å². The highest BCUT2D eigenvalue weighted by atomic mass is 32.2. The molecule has 0 aromatic heterocycles. The third-order valence-electron chi connectivity index (χ3n) is 3.39. The van der Waals surface area contributed by atoms with Gasteiger partial charge in [-0.2, -0.15) is 0 Å². The van der Waals surface area contributed by atoms with Crippen molar-refractivity contribution in [3.8, 4) is 0 Å². The predicted molar refractivity (Wildman–Crippen MR) is 63.2 cm³/mol. The summed E-state index contributed by atoms with van der Waals surface area (Å²) in [5.74, 6) is -0.299. The van der Waals surface area contributed by atoms with Crippen LogP contribution in [0.5, 0.6) is 0 Å². The third kappa shape index (κ3) is 1.51. The summed E-state index contributed by atoms with van der Waals surface area (Å²) < 4.78 is 24.4. The number of nitrogens with one attached hydrogen (secondary N) is 1. The van der Waals surface area contributed by atoms with E-state index in [0.29, 0.717) is 24.2 Å². The maximum Gasteiger partial charge on any atom is 0.231 e. The molecule has 1 aliphatic heterocycles. The van der Waals surface area contributed by atoms with Crippen LogP contribution in [0.25, 0.3) is 0 Å². The Bertz CT molecular complexity index is 618. The van der Waals surface area contributed by atoms with Crippen LogP contribution in [0.3, 0.4) is 0 Å². The van der Waals surface area contributed by atoms with Gasteiger partial charge in [-0.05, 0) is 31.0 Å². The van der Waals surface area contributed by atoms with Gasteiger partial charge in [0.15, 0.2) is 9.84 Å². The monoisotopic (exact) mass is 252 g/mol. The van der Waals surface area contributed by atoms with Crippen LogP contribution in [-0.2, 0) is 14.6 Å². The molecule has 0 radical (unpaired) electrons. The number of hydrogen-bond donors (Lipinski definition) is 2. The Kier molecular flexibility index (Phi) is 1.87. The zero-order valence-electron chi connectivity index (χ0n) is 9.06. The number of rotatable bonds is 0. The molecule has 17 heavy (non-hydrogen) atoms. The number of carbonyl (C=O) groups excluding carboxylic acids is 1. The fraction of sp³-hybridized carbons (Fsp3) is 0.364. The van der Waals surface area contributed by atoms with E-state index in [4.69, 9.17) is 5.73 Å². The maximum absolute atomic E-state index is 12.2. The summed E-state index contributed by atoms with van der Waals surface area (Å²) in [6.45, 7) is 0. The quantitative estimate of drug-likeness (QED) is 0.667. The van der Waals surface area contributed by atoms with Gasteiger partial charge >= 0.3 is 0 Å². The minimum Gasteiger partial charge on any atom is -0.399 e. The molecule has 1 aromatic carbocycles. The van der Waals surface area contributed by atoms with E-state index in [1.54, 1.807) is 12.1 Å². The van der Waals surface area contributed by atoms with Gasteiger partial charge in [0, 0.05) is 5.69 Å². The lowest BCUT2D eigenvalue weighted by Gasteiger charge is -2.08. The summed E-state index contributed by atoms with van der Waals surface area (Å²) in [5.41, 5.74) is 5.62. The lowest BCUT2D eigenvalue weighted by molar-refractivity contribution is -0.120.